The number of thiocarbonyl (C=S) groups is 1. The molecule has 3 nitrogen and oxygen atoms in total. The van der Waals surface area contributed by atoms with E-state index in [1.165, 1.54) is 11.8 Å². The van der Waals surface area contributed by atoms with Gasteiger partial charge in [-0.15, -0.1) is 0 Å². The molecular formula is C8H12O3S3. The van der Waals surface area contributed by atoms with E-state index in [4.69, 9.17) is 17.0 Å². The summed E-state index contributed by atoms with van der Waals surface area (Å²) >= 11 is 6.18. The van der Waals surface area contributed by atoms with Crippen LogP contribution in [0.1, 0.15) is 13.8 Å². The van der Waals surface area contributed by atoms with Crippen molar-refractivity contribution in [3.05, 3.63) is 11.0 Å². The maximum Gasteiger partial charge on any atom is 0.224 e. The van der Waals surface area contributed by atoms with Gasteiger partial charge in [0.2, 0.25) is 4.38 Å². The SMILES string of the molecule is CC(C)OC(=S)SC1=CCS(=O)(=O)C1. The van der Waals surface area contributed by atoms with E-state index in [9.17, 15) is 8.42 Å². The molecule has 14 heavy (non-hydrogen) atoms. The molecule has 1 aliphatic heterocycles. The van der Waals surface area contributed by atoms with E-state index < -0.39 is 9.84 Å². The Morgan fingerprint density at radius 1 is 1.64 bits per heavy atom. The van der Waals surface area contributed by atoms with E-state index in [0.717, 1.165) is 4.91 Å². The molecule has 1 aliphatic rings. The van der Waals surface area contributed by atoms with Crippen LogP contribution in [0.15, 0.2) is 11.0 Å². The quantitative estimate of drug-likeness (QED) is 0.700. The van der Waals surface area contributed by atoms with Crippen molar-refractivity contribution >= 4 is 38.2 Å². The van der Waals surface area contributed by atoms with Gasteiger partial charge < -0.3 is 4.74 Å². The summed E-state index contributed by atoms with van der Waals surface area (Å²) in [7, 11) is -2.90. The van der Waals surface area contributed by atoms with Crippen molar-refractivity contribution in [2.24, 2.45) is 0 Å². The van der Waals surface area contributed by atoms with Crippen LogP contribution in [0.25, 0.3) is 0 Å². The molecule has 0 saturated heterocycles. The highest BCUT2D eigenvalue weighted by Crippen LogP contribution is 2.25. The summed E-state index contributed by atoms with van der Waals surface area (Å²) in [6.07, 6.45) is 1.73. The highest BCUT2D eigenvalue weighted by Gasteiger charge is 2.21. The fourth-order valence-corrected chi connectivity index (χ4v) is 4.09. The second kappa shape index (κ2) is 4.63. The van der Waals surface area contributed by atoms with Crippen molar-refractivity contribution in [1.82, 2.24) is 0 Å². The van der Waals surface area contributed by atoms with E-state index in [-0.39, 0.29) is 17.6 Å². The third-order valence-corrected chi connectivity index (χ3v) is 4.26. The Kier molecular flexibility index (Phi) is 3.97. The van der Waals surface area contributed by atoms with Crippen LogP contribution in [0.2, 0.25) is 0 Å². The zero-order valence-corrected chi connectivity index (χ0v) is 10.5. The molecule has 80 valence electrons. The highest BCUT2D eigenvalue weighted by molar-refractivity contribution is 8.25. The molecule has 0 fully saturated rings. The molecule has 6 heteroatoms. The molecule has 0 atom stereocenters. The Balaban J connectivity index is 2.44. The summed E-state index contributed by atoms with van der Waals surface area (Å²) in [4.78, 5) is 0.774. The zero-order valence-electron chi connectivity index (χ0n) is 8.02. The molecule has 0 radical (unpaired) electrons. The van der Waals surface area contributed by atoms with Crippen LogP contribution in [-0.4, -0.2) is 30.4 Å². The molecule has 0 aliphatic carbocycles. The predicted molar refractivity (Wildman–Crippen MR) is 63.1 cm³/mol. The summed E-state index contributed by atoms with van der Waals surface area (Å²) in [5.41, 5.74) is 0. The van der Waals surface area contributed by atoms with E-state index in [1.54, 1.807) is 6.08 Å². The molecule has 0 saturated carbocycles. The Labute approximate surface area is 93.8 Å². The topological polar surface area (TPSA) is 43.4 Å². The van der Waals surface area contributed by atoms with Crippen molar-refractivity contribution in [1.29, 1.82) is 0 Å². The average Bonchev–Trinajstić information content (AvgIpc) is 2.27. The van der Waals surface area contributed by atoms with Crippen LogP contribution in [0, 0.1) is 0 Å². The molecule has 0 aromatic rings. The average molecular weight is 252 g/mol. The van der Waals surface area contributed by atoms with Gasteiger partial charge in [0, 0.05) is 4.91 Å². The highest BCUT2D eigenvalue weighted by atomic mass is 32.2. The fourth-order valence-electron chi connectivity index (χ4n) is 0.949. The van der Waals surface area contributed by atoms with Gasteiger partial charge in [-0.2, -0.15) is 0 Å². The number of rotatable bonds is 2. The van der Waals surface area contributed by atoms with Gasteiger partial charge in [0.15, 0.2) is 9.84 Å². The smallest absolute Gasteiger partial charge is 0.224 e. The van der Waals surface area contributed by atoms with Crippen LogP contribution >= 0.6 is 24.0 Å². The Morgan fingerprint density at radius 3 is 2.71 bits per heavy atom. The van der Waals surface area contributed by atoms with Crippen LogP contribution < -0.4 is 0 Å². The molecule has 0 bridgehead atoms. The van der Waals surface area contributed by atoms with Gasteiger partial charge in [-0.1, -0.05) is 6.08 Å². The minimum absolute atomic E-state index is 0.0358. The second-order valence-electron chi connectivity index (χ2n) is 3.24. The molecule has 0 N–H and O–H groups in total. The monoisotopic (exact) mass is 252 g/mol. The summed E-state index contributed by atoms with van der Waals surface area (Å²) in [5, 5.41) is 0. The first kappa shape index (κ1) is 12.0. The van der Waals surface area contributed by atoms with Gasteiger partial charge in [-0.05, 0) is 37.8 Å². The molecular weight excluding hydrogens is 240 g/mol. The summed E-state index contributed by atoms with van der Waals surface area (Å²) < 4.78 is 27.8. The second-order valence-corrected chi connectivity index (χ2v) is 7.08. The summed E-state index contributed by atoms with van der Waals surface area (Å²) in [6, 6.07) is 0. The van der Waals surface area contributed by atoms with Crippen LogP contribution in [0.4, 0.5) is 0 Å². The van der Waals surface area contributed by atoms with Crippen LogP contribution in [-0.2, 0) is 14.6 Å². The van der Waals surface area contributed by atoms with E-state index >= 15 is 0 Å². The van der Waals surface area contributed by atoms with Gasteiger partial charge >= 0.3 is 0 Å². The first-order valence-corrected chi connectivity index (χ1v) is 7.21. The van der Waals surface area contributed by atoms with Crippen molar-refractivity contribution in [3.63, 3.8) is 0 Å². The molecule has 0 aromatic carbocycles. The molecule has 1 heterocycles. The van der Waals surface area contributed by atoms with E-state index in [2.05, 4.69) is 0 Å². The lowest BCUT2D eigenvalue weighted by atomic mass is 10.5. The van der Waals surface area contributed by atoms with Crippen molar-refractivity contribution < 1.29 is 13.2 Å². The maximum atomic E-state index is 11.1. The molecule has 0 aromatic heterocycles. The van der Waals surface area contributed by atoms with E-state index in [0.29, 0.717) is 4.38 Å². The van der Waals surface area contributed by atoms with E-state index in [1.807, 2.05) is 13.8 Å². The molecule has 0 spiro atoms. The molecule has 0 unspecified atom stereocenters. The van der Waals surface area contributed by atoms with Crippen molar-refractivity contribution in [2.75, 3.05) is 11.5 Å². The van der Waals surface area contributed by atoms with Crippen LogP contribution in [0.5, 0.6) is 0 Å². The van der Waals surface area contributed by atoms with Gasteiger partial charge in [0.05, 0.1) is 17.6 Å². The number of ether oxygens (including phenoxy) is 1. The Bertz CT molecular complexity index is 354. The van der Waals surface area contributed by atoms with Crippen molar-refractivity contribution in [3.8, 4) is 0 Å². The van der Waals surface area contributed by atoms with Gasteiger partial charge in [-0.3, -0.25) is 0 Å². The van der Waals surface area contributed by atoms with Gasteiger partial charge in [-0.25, -0.2) is 8.42 Å². The Hall–Kier alpha value is -0.0700. The number of sulfone groups is 1. The minimum atomic E-state index is -2.90. The maximum absolute atomic E-state index is 11.1. The van der Waals surface area contributed by atoms with Crippen molar-refractivity contribution in [2.45, 2.75) is 20.0 Å². The van der Waals surface area contributed by atoms with Gasteiger partial charge in [0.1, 0.15) is 0 Å². The number of hydrogen-bond donors (Lipinski definition) is 0. The number of thioether (sulfide) groups is 1. The normalized spacial score (nSPS) is 19.5. The zero-order chi connectivity index (χ0) is 10.8. The minimum Gasteiger partial charge on any atom is -0.476 e. The number of hydrogen-bond acceptors (Lipinski definition) is 5. The molecule has 0 amide bonds. The lowest BCUT2D eigenvalue weighted by Gasteiger charge is -2.09. The standard InChI is InChI=1S/C8H12O3S3/c1-6(2)11-8(12)13-7-3-4-14(9,10)5-7/h3,6H,4-5H2,1-2H3. The fraction of sp³-hybridized carbons (Fsp3) is 0.625. The molecule has 1 rings (SSSR count). The summed E-state index contributed by atoms with van der Waals surface area (Å²) in [6.45, 7) is 3.76. The lowest BCUT2D eigenvalue weighted by Crippen LogP contribution is -2.07. The lowest BCUT2D eigenvalue weighted by molar-refractivity contribution is 0.243. The summed E-state index contributed by atoms with van der Waals surface area (Å²) in [5.74, 6) is 0.221. The largest absolute Gasteiger partial charge is 0.476 e. The van der Waals surface area contributed by atoms with Gasteiger partial charge in [0.25, 0.3) is 0 Å². The van der Waals surface area contributed by atoms with Crippen LogP contribution in [0.3, 0.4) is 0 Å². The Morgan fingerprint density at radius 2 is 2.29 bits per heavy atom. The predicted octanol–water partition coefficient (Wildman–Crippen LogP) is 1.74. The third-order valence-electron chi connectivity index (χ3n) is 1.47. The third kappa shape index (κ3) is 3.98. The first-order chi connectivity index (χ1) is 6.39. The first-order valence-electron chi connectivity index (χ1n) is 4.17.